The largest absolute Gasteiger partial charge is 0.396 e. The molecule has 1 fully saturated rings. The zero-order valence-corrected chi connectivity index (χ0v) is 13.5. The van der Waals surface area contributed by atoms with Crippen LogP contribution in [0.3, 0.4) is 0 Å². The van der Waals surface area contributed by atoms with Gasteiger partial charge in [-0.3, -0.25) is 4.90 Å². The van der Waals surface area contributed by atoms with Crippen LogP contribution in [0.5, 0.6) is 0 Å². The van der Waals surface area contributed by atoms with Gasteiger partial charge in [-0.05, 0) is 56.2 Å². The zero-order chi connectivity index (χ0) is 14.5. The third-order valence-electron chi connectivity index (χ3n) is 4.54. The summed E-state index contributed by atoms with van der Waals surface area (Å²) in [6.07, 6.45) is 5.58. The molecule has 0 radical (unpaired) electrons. The minimum absolute atomic E-state index is 0.173. The number of nitrogens with zero attached hydrogens (tertiary/aromatic N) is 1. The van der Waals surface area contributed by atoms with Crippen molar-refractivity contribution in [1.82, 2.24) is 4.90 Å². The van der Waals surface area contributed by atoms with E-state index in [0.29, 0.717) is 12.1 Å². The van der Waals surface area contributed by atoms with E-state index in [1.165, 1.54) is 29.7 Å². The summed E-state index contributed by atoms with van der Waals surface area (Å²) in [6, 6.07) is 3.17. The third-order valence-corrected chi connectivity index (χ3v) is 5.63. The molecule has 0 amide bonds. The summed E-state index contributed by atoms with van der Waals surface area (Å²) in [6.45, 7) is 5.75. The smallest absolute Gasteiger partial charge is 0.0598 e. The van der Waals surface area contributed by atoms with Crippen LogP contribution in [0, 0.1) is 6.92 Å². The maximum atomic E-state index is 9.34. The van der Waals surface area contributed by atoms with E-state index in [1.807, 2.05) is 11.3 Å². The van der Waals surface area contributed by atoms with E-state index < -0.39 is 0 Å². The summed E-state index contributed by atoms with van der Waals surface area (Å²) in [5.41, 5.74) is 7.83. The number of likely N-dealkylation sites (tertiary alicyclic amines) is 1. The lowest BCUT2D eigenvalue weighted by Gasteiger charge is -2.43. The van der Waals surface area contributed by atoms with Gasteiger partial charge >= 0.3 is 0 Å². The molecule has 1 aromatic rings. The van der Waals surface area contributed by atoms with Crippen molar-refractivity contribution in [3.8, 4) is 0 Å². The molecule has 2 rings (SSSR count). The summed E-state index contributed by atoms with van der Waals surface area (Å²) in [5.74, 6) is 0. The van der Waals surface area contributed by atoms with E-state index in [4.69, 9.17) is 5.73 Å². The molecule has 0 bridgehead atoms. The Hall–Kier alpha value is -0.420. The van der Waals surface area contributed by atoms with Crippen LogP contribution in [0.1, 0.15) is 55.5 Å². The highest BCUT2D eigenvalue weighted by atomic mass is 32.1. The van der Waals surface area contributed by atoms with E-state index >= 15 is 0 Å². The van der Waals surface area contributed by atoms with E-state index in [2.05, 4.69) is 30.2 Å². The maximum Gasteiger partial charge on any atom is 0.0598 e. The second kappa shape index (κ2) is 7.55. The number of nitrogens with two attached hydrogens (primary N) is 1. The maximum absolute atomic E-state index is 9.34. The molecular weight excluding hydrogens is 268 g/mol. The van der Waals surface area contributed by atoms with Crippen molar-refractivity contribution in [2.45, 2.75) is 64.1 Å². The Kier molecular flexibility index (Phi) is 6.02. The fourth-order valence-electron chi connectivity index (χ4n) is 3.35. The molecule has 3 atom stereocenters. The van der Waals surface area contributed by atoms with Gasteiger partial charge in [-0.25, -0.2) is 0 Å². The van der Waals surface area contributed by atoms with Crippen molar-refractivity contribution in [3.63, 3.8) is 0 Å². The second-order valence-electron chi connectivity index (χ2n) is 5.88. The lowest BCUT2D eigenvalue weighted by Crippen LogP contribution is -2.48. The average molecular weight is 296 g/mol. The summed E-state index contributed by atoms with van der Waals surface area (Å²) in [7, 11) is 0. The Morgan fingerprint density at radius 3 is 2.90 bits per heavy atom. The number of aryl methyl sites for hydroxylation is 1. The van der Waals surface area contributed by atoms with E-state index in [9.17, 15) is 5.11 Å². The summed E-state index contributed by atoms with van der Waals surface area (Å²) in [5, 5.41) is 11.5. The number of aliphatic hydroxyl groups is 1. The van der Waals surface area contributed by atoms with Gasteiger partial charge in [-0.1, -0.05) is 13.3 Å². The fraction of sp³-hybridized carbons (Fsp3) is 0.750. The number of rotatable bonds is 6. The van der Waals surface area contributed by atoms with Gasteiger partial charge in [-0.2, -0.15) is 0 Å². The van der Waals surface area contributed by atoms with Crippen molar-refractivity contribution in [3.05, 3.63) is 21.9 Å². The second-order valence-corrected chi connectivity index (χ2v) is 6.83. The summed E-state index contributed by atoms with van der Waals surface area (Å²) < 4.78 is 0. The van der Waals surface area contributed by atoms with Gasteiger partial charge in [0.25, 0.3) is 0 Å². The highest BCUT2D eigenvalue weighted by molar-refractivity contribution is 7.10. The topological polar surface area (TPSA) is 49.5 Å². The van der Waals surface area contributed by atoms with E-state index in [0.717, 1.165) is 19.4 Å². The Balaban J connectivity index is 2.27. The molecule has 1 saturated heterocycles. The monoisotopic (exact) mass is 296 g/mol. The lowest BCUT2D eigenvalue weighted by atomic mass is 9.92. The fourth-order valence-corrected chi connectivity index (χ4v) is 4.47. The number of piperidine rings is 1. The highest BCUT2D eigenvalue weighted by Gasteiger charge is 2.33. The first-order chi connectivity index (χ1) is 9.69. The zero-order valence-electron chi connectivity index (χ0n) is 12.7. The minimum Gasteiger partial charge on any atom is -0.396 e. The standard InChI is InChI=1S/C16H28N2OS/c1-3-14(17)15(16-12(2)8-11-20-16)18-9-5-4-6-13(18)7-10-19/h8,11,13-15,19H,3-7,9-10,17H2,1-2H3. The molecule has 0 aromatic carbocycles. The first-order valence-corrected chi connectivity index (χ1v) is 8.73. The molecule has 0 aliphatic carbocycles. The van der Waals surface area contributed by atoms with Crippen molar-refractivity contribution >= 4 is 11.3 Å². The number of hydrogen-bond donors (Lipinski definition) is 2. The average Bonchev–Trinajstić information content (AvgIpc) is 2.87. The van der Waals surface area contributed by atoms with Gasteiger partial charge in [-0.15, -0.1) is 11.3 Å². The number of hydrogen-bond acceptors (Lipinski definition) is 4. The van der Waals surface area contributed by atoms with Crippen LogP contribution in [0.4, 0.5) is 0 Å². The molecule has 1 aliphatic rings. The highest BCUT2D eigenvalue weighted by Crippen LogP contribution is 2.36. The molecule has 1 aliphatic heterocycles. The Morgan fingerprint density at radius 1 is 1.50 bits per heavy atom. The normalized spacial score (nSPS) is 23.7. The Bertz CT molecular complexity index is 405. The molecule has 114 valence electrons. The Labute approximate surface area is 126 Å². The summed E-state index contributed by atoms with van der Waals surface area (Å²) in [4.78, 5) is 4.00. The van der Waals surface area contributed by atoms with Gasteiger partial charge in [0.2, 0.25) is 0 Å². The third kappa shape index (κ3) is 3.42. The predicted octanol–water partition coefficient (Wildman–Crippen LogP) is 3.07. The van der Waals surface area contributed by atoms with E-state index in [-0.39, 0.29) is 12.6 Å². The molecule has 4 heteroatoms. The van der Waals surface area contributed by atoms with Crippen molar-refractivity contribution in [2.75, 3.05) is 13.2 Å². The van der Waals surface area contributed by atoms with Crippen molar-refractivity contribution in [2.24, 2.45) is 5.73 Å². The summed E-state index contributed by atoms with van der Waals surface area (Å²) >= 11 is 1.83. The molecular formula is C16H28N2OS. The quantitative estimate of drug-likeness (QED) is 0.848. The minimum atomic E-state index is 0.173. The van der Waals surface area contributed by atoms with Crippen LogP contribution in [0.25, 0.3) is 0 Å². The molecule has 0 saturated carbocycles. The molecule has 1 aromatic heterocycles. The van der Waals surface area contributed by atoms with Crippen LogP contribution in [-0.4, -0.2) is 35.2 Å². The van der Waals surface area contributed by atoms with Gasteiger partial charge in [0.1, 0.15) is 0 Å². The van der Waals surface area contributed by atoms with Gasteiger partial charge < -0.3 is 10.8 Å². The first kappa shape index (κ1) is 16.0. The van der Waals surface area contributed by atoms with Crippen molar-refractivity contribution < 1.29 is 5.11 Å². The number of thiophene rings is 1. The van der Waals surface area contributed by atoms with Crippen LogP contribution in [0.2, 0.25) is 0 Å². The molecule has 2 heterocycles. The molecule has 3 unspecified atom stereocenters. The molecule has 3 N–H and O–H groups in total. The van der Waals surface area contributed by atoms with Gasteiger partial charge in [0.05, 0.1) is 6.04 Å². The first-order valence-electron chi connectivity index (χ1n) is 7.85. The van der Waals surface area contributed by atoms with Crippen LogP contribution < -0.4 is 5.73 Å². The molecule has 0 spiro atoms. The van der Waals surface area contributed by atoms with Gasteiger partial charge in [0, 0.05) is 23.6 Å². The lowest BCUT2D eigenvalue weighted by molar-refractivity contribution is 0.0633. The van der Waals surface area contributed by atoms with Gasteiger partial charge in [0.15, 0.2) is 0 Å². The number of aliphatic hydroxyl groups excluding tert-OH is 1. The van der Waals surface area contributed by atoms with Crippen LogP contribution >= 0.6 is 11.3 Å². The Morgan fingerprint density at radius 2 is 2.30 bits per heavy atom. The molecule has 20 heavy (non-hydrogen) atoms. The van der Waals surface area contributed by atoms with Crippen LogP contribution in [-0.2, 0) is 0 Å². The van der Waals surface area contributed by atoms with Crippen molar-refractivity contribution in [1.29, 1.82) is 0 Å². The molecule has 3 nitrogen and oxygen atoms in total. The predicted molar refractivity (Wildman–Crippen MR) is 86.1 cm³/mol. The SMILES string of the molecule is CCC(N)C(c1sccc1C)N1CCCCC1CCO. The van der Waals surface area contributed by atoms with Crippen LogP contribution in [0.15, 0.2) is 11.4 Å². The van der Waals surface area contributed by atoms with E-state index in [1.54, 1.807) is 0 Å².